The van der Waals surface area contributed by atoms with Crippen molar-refractivity contribution in [3.63, 3.8) is 0 Å². The molecule has 0 amide bonds. The van der Waals surface area contributed by atoms with Crippen molar-refractivity contribution in [3.05, 3.63) is 29.3 Å². The third-order valence-corrected chi connectivity index (χ3v) is 3.67. The number of hydrogen-bond acceptors (Lipinski definition) is 6. The molecular weight excluding hydrogens is 268 g/mol. The monoisotopic (exact) mass is 274 g/mol. The van der Waals surface area contributed by atoms with Crippen LogP contribution >= 0.6 is 11.6 Å². The first-order valence-electron chi connectivity index (χ1n) is 4.42. The summed E-state index contributed by atoms with van der Waals surface area (Å²) in [5, 5.41) is 12.7. The van der Waals surface area contributed by atoms with Crippen molar-refractivity contribution in [2.24, 2.45) is 0 Å². The van der Waals surface area contributed by atoms with E-state index in [2.05, 4.69) is 30.3 Å². The Hall–Kier alpha value is -1.58. The molecule has 0 unspecified atom stereocenters. The smallest absolute Gasteiger partial charge is 0.243 e. The molecule has 0 saturated heterocycles. The second kappa shape index (κ2) is 4.73. The van der Waals surface area contributed by atoms with Gasteiger partial charge in [-0.15, -0.1) is 10.2 Å². The van der Waals surface area contributed by atoms with E-state index in [9.17, 15) is 8.42 Å². The minimum atomic E-state index is -3.73. The van der Waals surface area contributed by atoms with Crippen LogP contribution in [0.5, 0.6) is 0 Å². The summed E-state index contributed by atoms with van der Waals surface area (Å²) in [5.41, 5.74) is 0. The van der Waals surface area contributed by atoms with Crippen molar-refractivity contribution >= 4 is 21.6 Å². The number of aromatic nitrogens is 5. The predicted molar refractivity (Wildman–Crippen MR) is 57.5 cm³/mol. The van der Waals surface area contributed by atoms with Crippen LogP contribution in [0, 0.1) is 0 Å². The Morgan fingerprint density at radius 3 is 2.94 bits per heavy atom. The van der Waals surface area contributed by atoms with E-state index in [0.717, 1.165) is 0 Å². The van der Waals surface area contributed by atoms with Gasteiger partial charge in [0.25, 0.3) is 0 Å². The van der Waals surface area contributed by atoms with Crippen molar-refractivity contribution < 1.29 is 8.42 Å². The molecule has 0 fully saturated rings. The van der Waals surface area contributed by atoms with Crippen molar-refractivity contribution in [2.45, 2.75) is 11.4 Å². The molecule has 2 rings (SSSR count). The Bertz CT molecular complexity index is 599. The Morgan fingerprint density at radius 1 is 1.47 bits per heavy atom. The lowest BCUT2D eigenvalue weighted by Crippen LogP contribution is -2.24. The van der Waals surface area contributed by atoms with Crippen LogP contribution in [0.1, 0.15) is 5.82 Å². The molecule has 2 N–H and O–H groups in total. The van der Waals surface area contributed by atoms with E-state index in [1.165, 1.54) is 18.3 Å². The number of sulfonamides is 1. The second-order valence-electron chi connectivity index (χ2n) is 2.94. The van der Waals surface area contributed by atoms with Gasteiger partial charge in [-0.25, -0.2) is 18.1 Å². The molecule has 0 saturated carbocycles. The zero-order chi connectivity index (χ0) is 12.3. The second-order valence-corrected chi connectivity index (χ2v) is 5.04. The van der Waals surface area contributed by atoms with Gasteiger partial charge in [-0.2, -0.15) is 5.21 Å². The molecule has 8 nitrogen and oxygen atoms in total. The summed E-state index contributed by atoms with van der Waals surface area (Å²) in [7, 11) is -3.73. The maximum Gasteiger partial charge on any atom is 0.244 e. The molecule has 17 heavy (non-hydrogen) atoms. The summed E-state index contributed by atoms with van der Waals surface area (Å²) < 4.78 is 25.9. The number of aromatic amines is 1. The molecule has 0 atom stereocenters. The first kappa shape index (κ1) is 11.9. The highest BCUT2D eigenvalue weighted by molar-refractivity contribution is 7.89. The minimum Gasteiger partial charge on any atom is -0.243 e. The predicted octanol–water partition coefficient (Wildman–Crippen LogP) is -0.273. The highest BCUT2D eigenvalue weighted by Gasteiger charge is 2.18. The lowest BCUT2D eigenvalue weighted by atomic mass is 10.5. The van der Waals surface area contributed by atoms with Gasteiger partial charge < -0.3 is 0 Å². The van der Waals surface area contributed by atoms with Gasteiger partial charge in [0.05, 0.1) is 6.54 Å². The highest BCUT2D eigenvalue weighted by Crippen LogP contribution is 2.17. The van der Waals surface area contributed by atoms with E-state index in [4.69, 9.17) is 11.6 Å². The molecule has 2 heterocycles. The van der Waals surface area contributed by atoms with Crippen LogP contribution in [0.4, 0.5) is 0 Å². The number of halogens is 1. The fraction of sp³-hybridized carbons (Fsp3) is 0.143. The standard InChI is InChI=1S/C7H7ClN6O2S/c8-7-5(2-1-3-9-7)17(15,16)10-4-6-11-13-14-12-6/h1-3,10H,4H2,(H,11,12,13,14). The number of nitrogens with one attached hydrogen (secondary N) is 2. The Morgan fingerprint density at radius 2 is 2.29 bits per heavy atom. The molecular formula is C7H7ClN6O2S. The van der Waals surface area contributed by atoms with Gasteiger partial charge in [-0.1, -0.05) is 16.8 Å². The number of H-pyrrole nitrogens is 1. The Labute approximate surface area is 101 Å². The summed E-state index contributed by atoms with van der Waals surface area (Å²) in [4.78, 5) is 3.59. The minimum absolute atomic E-state index is 0.0793. The quantitative estimate of drug-likeness (QED) is 0.742. The van der Waals surface area contributed by atoms with E-state index in [0.29, 0.717) is 0 Å². The Balaban J connectivity index is 2.17. The maximum atomic E-state index is 11.8. The molecule has 0 aliphatic carbocycles. The molecule has 2 aromatic rings. The van der Waals surface area contributed by atoms with Gasteiger partial charge >= 0.3 is 0 Å². The summed E-state index contributed by atoms with van der Waals surface area (Å²) in [6.45, 7) is -0.0793. The summed E-state index contributed by atoms with van der Waals surface area (Å²) in [6, 6.07) is 2.84. The summed E-state index contributed by atoms with van der Waals surface area (Å²) >= 11 is 5.69. The van der Waals surface area contributed by atoms with Gasteiger partial charge in [0, 0.05) is 6.20 Å². The van der Waals surface area contributed by atoms with Crippen LogP contribution in [0.2, 0.25) is 5.15 Å². The third-order valence-electron chi connectivity index (χ3n) is 1.82. The van der Waals surface area contributed by atoms with E-state index in [1.54, 1.807) is 0 Å². The molecule has 0 aliphatic heterocycles. The van der Waals surface area contributed by atoms with E-state index in [1.807, 2.05) is 0 Å². The summed E-state index contributed by atoms with van der Waals surface area (Å²) in [6.07, 6.45) is 1.40. The number of nitrogens with zero attached hydrogens (tertiary/aromatic N) is 4. The molecule has 0 bridgehead atoms. The van der Waals surface area contributed by atoms with Crippen molar-refractivity contribution in [1.82, 2.24) is 30.3 Å². The third kappa shape index (κ3) is 2.75. The van der Waals surface area contributed by atoms with Crippen LogP contribution < -0.4 is 4.72 Å². The topological polar surface area (TPSA) is 114 Å². The van der Waals surface area contributed by atoms with Gasteiger partial charge in [-0.3, -0.25) is 0 Å². The number of hydrogen-bond donors (Lipinski definition) is 2. The lowest BCUT2D eigenvalue weighted by molar-refractivity contribution is 0.579. The van der Waals surface area contributed by atoms with Gasteiger partial charge in [0.2, 0.25) is 10.0 Å². The van der Waals surface area contributed by atoms with Gasteiger partial charge in [0.15, 0.2) is 5.82 Å². The van der Waals surface area contributed by atoms with Gasteiger partial charge in [0.1, 0.15) is 10.0 Å². The number of pyridine rings is 1. The molecule has 0 aromatic carbocycles. The van der Waals surface area contributed by atoms with Crippen LogP contribution in [0.15, 0.2) is 23.2 Å². The largest absolute Gasteiger partial charge is 0.244 e. The molecule has 0 radical (unpaired) electrons. The number of tetrazole rings is 1. The normalized spacial score (nSPS) is 11.6. The van der Waals surface area contributed by atoms with Crippen LogP contribution in [-0.2, 0) is 16.6 Å². The summed E-state index contributed by atoms with van der Waals surface area (Å²) in [5.74, 6) is 0.230. The van der Waals surface area contributed by atoms with Crippen LogP contribution in [0.25, 0.3) is 0 Å². The van der Waals surface area contributed by atoms with E-state index < -0.39 is 10.0 Å². The zero-order valence-corrected chi connectivity index (χ0v) is 9.90. The average Bonchev–Trinajstić information content (AvgIpc) is 2.80. The lowest BCUT2D eigenvalue weighted by Gasteiger charge is -2.05. The molecule has 0 spiro atoms. The number of rotatable bonds is 4. The Kier molecular flexibility index (Phi) is 3.31. The molecule has 2 aromatic heterocycles. The molecule has 90 valence electrons. The SMILES string of the molecule is O=S(=O)(NCc1nn[nH]n1)c1cccnc1Cl. The average molecular weight is 275 g/mol. The first-order valence-corrected chi connectivity index (χ1v) is 6.28. The van der Waals surface area contributed by atoms with Gasteiger partial charge in [-0.05, 0) is 12.1 Å². The van der Waals surface area contributed by atoms with Crippen molar-refractivity contribution in [2.75, 3.05) is 0 Å². The highest BCUT2D eigenvalue weighted by atomic mass is 35.5. The molecule has 0 aliphatic rings. The molecule has 10 heteroatoms. The van der Waals surface area contributed by atoms with Crippen LogP contribution in [-0.4, -0.2) is 34.0 Å². The maximum absolute atomic E-state index is 11.8. The van der Waals surface area contributed by atoms with Crippen LogP contribution in [0.3, 0.4) is 0 Å². The van der Waals surface area contributed by atoms with E-state index in [-0.39, 0.29) is 22.4 Å². The zero-order valence-electron chi connectivity index (χ0n) is 8.33. The van der Waals surface area contributed by atoms with Crippen molar-refractivity contribution in [3.8, 4) is 0 Å². The fourth-order valence-corrected chi connectivity index (χ4v) is 2.50. The van der Waals surface area contributed by atoms with E-state index >= 15 is 0 Å². The first-order chi connectivity index (χ1) is 8.09. The van der Waals surface area contributed by atoms with Crippen molar-refractivity contribution in [1.29, 1.82) is 0 Å². The fourth-order valence-electron chi connectivity index (χ4n) is 1.07.